The first-order valence-electron chi connectivity index (χ1n) is 15.4. The van der Waals surface area contributed by atoms with Crippen LogP contribution in [-0.2, 0) is 44.2 Å². The van der Waals surface area contributed by atoms with Gasteiger partial charge in [0, 0.05) is 61.1 Å². The number of carbonyl (C=O) groups excluding carboxylic acids is 4. The van der Waals surface area contributed by atoms with Crippen molar-refractivity contribution in [1.82, 2.24) is 4.90 Å². The van der Waals surface area contributed by atoms with Gasteiger partial charge in [0.25, 0.3) is 0 Å². The number of aliphatic hydroxyl groups is 1. The zero-order chi connectivity index (χ0) is 31.8. The number of methoxy groups -OCH3 is 3. The first-order valence-corrected chi connectivity index (χ1v) is 15.4. The first-order chi connectivity index (χ1) is 20.9. The maximum atomic E-state index is 13.9. The van der Waals surface area contributed by atoms with Crippen molar-refractivity contribution in [1.29, 1.82) is 0 Å². The number of esters is 3. The number of carbonyl (C=O) groups is 4. The van der Waals surface area contributed by atoms with Crippen LogP contribution in [0.15, 0.2) is 24.3 Å². The van der Waals surface area contributed by atoms with Gasteiger partial charge in [-0.1, -0.05) is 25.5 Å². The zero-order valence-corrected chi connectivity index (χ0v) is 26.3. The van der Waals surface area contributed by atoms with E-state index in [1.54, 1.807) is 13.1 Å². The van der Waals surface area contributed by atoms with Crippen molar-refractivity contribution in [3.63, 3.8) is 0 Å². The highest BCUT2D eigenvalue weighted by molar-refractivity contribution is 6.11. The highest BCUT2D eigenvalue weighted by Gasteiger charge is 2.80. The van der Waals surface area contributed by atoms with Crippen LogP contribution in [0.1, 0.15) is 63.5 Å². The summed E-state index contributed by atoms with van der Waals surface area (Å²) < 4.78 is 22.4. The molecule has 3 aliphatic heterocycles. The van der Waals surface area contributed by atoms with Crippen LogP contribution in [0.4, 0.5) is 5.69 Å². The molecule has 0 aromatic heterocycles. The number of fused-ring (bicyclic) bond motifs is 1. The summed E-state index contributed by atoms with van der Waals surface area (Å²) in [4.78, 5) is 58.1. The maximum Gasteiger partial charge on any atom is 0.344 e. The third-order valence-electron chi connectivity index (χ3n) is 11.4. The number of nitrogens with zero attached hydrogens (tertiary/aromatic N) is 2. The van der Waals surface area contributed by atoms with Crippen LogP contribution < -0.4 is 9.64 Å². The molecule has 6 rings (SSSR count). The average molecular weight is 611 g/mol. The molecule has 2 aliphatic carbocycles. The Hall–Kier alpha value is -3.44. The minimum absolute atomic E-state index is 0.213. The van der Waals surface area contributed by atoms with Gasteiger partial charge < -0.3 is 29.0 Å². The van der Waals surface area contributed by atoms with Crippen molar-refractivity contribution < 1.29 is 43.2 Å². The summed E-state index contributed by atoms with van der Waals surface area (Å²) in [5, 5.41) is 12.9. The van der Waals surface area contributed by atoms with Gasteiger partial charge in [-0.25, -0.2) is 4.79 Å². The second kappa shape index (κ2) is 10.3. The van der Waals surface area contributed by atoms with E-state index < -0.39 is 51.9 Å². The Morgan fingerprint density at radius 2 is 1.75 bits per heavy atom. The summed E-state index contributed by atoms with van der Waals surface area (Å²) in [5.41, 5.74) is -3.69. The molecule has 1 aromatic rings. The average Bonchev–Trinajstić information content (AvgIpc) is 3.53. The van der Waals surface area contributed by atoms with Crippen LogP contribution in [0.5, 0.6) is 5.75 Å². The van der Waals surface area contributed by atoms with Gasteiger partial charge in [-0.05, 0) is 43.9 Å². The summed E-state index contributed by atoms with van der Waals surface area (Å²) in [7, 11) is 5.81. The smallest absolute Gasteiger partial charge is 0.344 e. The van der Waals surface area contributed by atoms with Crippen molar-refractivity contribution in [2.24, 2.45) is 5.41 Å². The van der Waals surface area contributed by atoms with Gasteiger partial charge in [0.2, 0.25) is 5.60 Å². The Kier molecular flexibility index (Phi) is 7.16. The van der Waals surface area contributed by atoms with Gasteiger partial charge in [-0.2, -0.15) is 0 Å². The highest BCUT2D eigenvalue weighted by Crippen LogP contribution is 2.68. The van der Waals surface area contributed by atoms with E-state index in [9.17, 15) is 24.3 Å². The summed E-state index contributed by atoms with van der Waals surface area (Å²) >= 11 is 0. The van der Waals surface area contributed by atoms with E-state index in [2.05, 4.69) is 4.90 Å². The van der Waals surface area contributed by atoms with Crippen LogP contribution in [-0.4, -0.2) is 99.0 Å². The maximum absolute atomic E-state index is 13.9. The monoisotopic (exact) mass is 610 g/mol. The van der Waals surface area contributed by atoms with Gasteiger partial charge in [-0.15, -0.1) is 0 Å². The molecule has 5 aliphatic rings. The molecule has 11 heteroatoms. The lowest BCUT2D eigenvalue weighted by Gasteiger charge is -2.63. The fourth-order valence-electron chi connectivity index (χ4n) is 9.90. The standard InChI is InChI=1S/C33H42N2O9/c1-7-30-12-10-15-35-16-14-32(25(30)35)20-17-21(31(28(38)42-5)13-9-8-11-24(31)37)23(41-4)18-22(20)34(3)26(32)33(40,29(39)43-6)27(30)44-19(2)36/h10,12,17-18,25-27,40H,7-9,11,13-16H2,1-6H3/t25-,26+,27+,30+,31?,32+,33-/m0/s1. The van der Waals surface area contributed by atoms with E-state index in [-0.39, 0.29) is 24.7 Å². The van der Waals surface area contributed by atoms with Crippen molar-refractivity contribution in [3.05, 3.63) is 35.4 Å². The molecule has 1 N–H and O–H groups in total. The van der Waals surface area contributed by atoms with E-state index in [4.69, 9.17) is 18.9 Å². The third-order valence-corrected chi connectivity index (χ3v) is 11.4. The summed E-state index contributed by atoms with van der Waals surface area (Å²) in [6.45, 7) is 4.56. The molecule has 238 valence electrons. The van der Waals surface area contributed by atoms with Crippen LogP contribution in [0.3, 0.4) is 0 Å². The zero-order valence-electron chi connectivity index (χ0n) is 26.3. The SMILES string of the molecule is CC[C@]12C=CCN3CC[C@@]4(c5cc(C6(C(=O)OC)CCCCC6=O)c(OC)cc5N(C)[C@H]4[C@@](O)(C(=O)OC)[C@@H]1OC(C)=O)[C@@H]32. The Morgan fingerprint density at radius 3 is 2.36 bits per heavy atom. The van der Waals surface area contributed by atoms with Gasteiger partial charge in [-0.3, -0.25) is 19.3 Å². The second-order valence-corrected chi connectivity index (χ2v) is 13.0. The number of hydrogen-bond acceptors (Lipinski definition) is 11. The topological polar surface area (TPSA) is 132 Å². The normalized spacial score (nSPS) is 37.1. The van der Waals surface area contributed by atoms with E-state index >= 15 is 0 Å². The second-order valence-electron chi connectivity index (χ2n) is 13.0. The Labute approximate surface area is 257 Å². The predicted octanol–water partition coefficient (Wildman–Crippen LogP) is 2.20. The fraction of sp³-hybridized carbons (Fsp3) is 0.636. The molecule has 0 amide bonds. The molecule has 11 nitrogen and oxygen atoms in total. The molecule has 1 aromatic carbocycles. The van der Waals surface area contributed by atoms with Crippen LogP contribution in [0.25, 0.3) is 0 Å². The number of hydrogen-bond donors (Lipinski definition) is 1. The molecular formula is C33H42N2O9. The number of anilines is 1. The lowest BCUT2D eigenvalue weighted by molar-refractivity contribution is -0.228. The number of ketones is 1. The third kappa shape index (κ3) is 3.51. The van der Waals surface area contributed by atoms with Crippen molar-refractivity contribution in [2.45, 2.75) is 87.0 Å². The van der Waals surface area contributed by atoms with Crippen LogP contribution in [0.2, 0.25) is 0 Å². The van der Waals surface area contributed by atoms with Gasteiger partial charge in [0.15, 0.2) is 17.3 Å². The van der Waals surface area contributed by atoms with Crippen molar-refractivity contribution >= 4 is 29.4 Å². The van der Waals surface area contributed by atoms with E-state index in [0.29, 0.717) is 55.8 Å². The molecule has 7 atom stereocenters. The number of Topliss-reactive ketones (excluding diaryl/α,β-unsaturated/α-hetero) is 1. The molecule has 44 heavy (non-hydrogen) atoms. The van der Waals surface area contributed by atoms with E-state index in [1.807, 2.05) is 30.0 Å². The molecule has 2 saturated carbocycles. The minimum atomic E-state index is -2.27. The number of likely N-dealkylation sites (N-methyl/N-ethyl adjacent to an activating group) is 1. The minimum Gasteiger partial charge on any atom is -0.496 e. The Balaban J connectivity index is 1.70. The van der Waals surface area contributed by atoms with Gasteiger partial charge in [0.05, 0.1) is 27.4 Å². The molecular weight excluding hydrogens is 568 g/mol. The molecule has 3 fully saturated rings. The molecule has 0 radical (unpaired) electrons. The molecule has 1 spiro atoms. The number of ether oxygens (including phenoxy) is 4. The number of benzene rings is 1. The van der Waals surface area contributed by atoms with Crippen LogP contribution >= 0.6 is 0 Å². The van der Waals surface area contributed by atoms with E-state index in [0.717, 1.165) is 5.56 Å². The van der Waals surface area contributed by atoms with Gasteiger partial charge >= 0.3 is 17.9 Å². The lowest BCUT2D eigenvalue weighted by atomic mass is 9.47. The van der Waals surface area contributed by atoms with Gasteiger partial charge in [0.1, 0.15) is 5.75 Å². The summed E-state index contributed by atoms with van der Waals surface area (Å²) in [5.74, 6) is -1.99. The lowest BCUT2D eigenvalue weighted by Crippen LogP contribution is -2.81. The largest absolute Gasteiger partial charge is 0.496 e. The van der Waals surface area contributed by atoms with Crippen molar-refractivity contribution in [2.75, 3.05) is 46.4 Å². The Morgan fingerprint density at radius 1 is 1.02 bits per heavy atom. The van der Waals surface area contributed by atoms with Crippen molar-refractivity contribution in [3.8, 4) is 5.75 Å². The quantitative estimate of drug-likeness (QED) is 0.220. The molecule has 1 saturated heterocycles. The summed E-state index contributed by atoms with van der Waals surface area (Å²) in [6, 6.07) is 2.51. The molecule has 3 heterocycles. The fourth-order valence-corrected chi connectivity index (χ4v) is 9.90. The first kappa shape index (κ1) is 30.6. The molecule has 0 bridgehead atoms. The van der Waals surface area contributed by atoms with E-state index in [1.165, 1.54) is 28.3 Å². The highest BCUT2D eigenvalue weighted by atomic mass is 16.6. The number of rotatable bonds is 6. The molecule has 1 unspecified atom stereocenters. The van der Waals surface area contributed by atoms with Crippen LogP contribution in [0, 0.1) is 5.41 Å². The Bertz CT molecular complexity index is 1450. The predicted molar refractivity (Wildman–Crippen MR) is 158 cm³/mol. The summed E-state index contributed by atoms with van der Waals surface area (Å²) in [6.07, 6.45) is 5.69.